The summed E-state index contributed by atoms with van der Waals surface area (Å²) in [6.07, 6.45) is 3.87. The van der Waals surface area contributed by atoms with Crippen molar-refractivity contribution in [2.75, 3.05) is 6.61 Å². The standard InChI is InChI=1S/C31H38O2Si/c1-25(2)28(22-23-32-26(3)27-16-10-7-11-17-27)24-33-34(31(4,5)6,29-18-12-8-13-19-29)30-20-14-9-15-21-30/h7-23,26H,24H2,1-6H3/b23-22+/t26-/m1/s1. The number of benzene rings is 3. The highest BCUT2D eigenvalue weighted by Gasteiger charge is 2.50. The average molecular weight is 471 g/mol. The largest absolute Gasteiger partial charge is 0.494 e. The van der Waals surface area contributed by atoms with Gasteiger partial charge in [-0.2, -0.15) is 0 Å². The van der Waals surface area contributed by atoms with Crippen molar-refractivity contribution in [1.82, 2.24) is 0 Å². The molecule has 0 spiro atoms. The van der Waals surface area contributed by atoms with Gasteiger partial charge in [-0.1, -0.05) is 117 Å². The van der Waals surface area contributed by atoms with E-state index in [-0.39, 0.29) is 11.1 Å². The van der Waals surface area contributed by atoms with Crippen LogP contribution in [0.5, 0.6) is 0 Å². The van der Waals surface area contributed by atoms with Crippen molar-refractivity contribution in [2.24, 2.45) is 0 Å². The van der Waals surface area contributed by atoms with Crippen molar-refractivity contribution < 1.29 is 9.16 Å². The van der Waals surface area contributed by atoms with Gasteiger partial charge in [-0.25, -0.2) is 0 Å². The van der Waals surface area contributed by atoms with E-state index in [2.05, 4.69) is 120 Å². The lowest BCUT2D eigenvalue weighted by Gasteiger charge is -2.43. The Balaban J connectivity index is 1.89. The molecule has 0 bridgehead atoms. The van der Waals surface area contributed by atoms with Gasteiger partial charge < -0.3 is 9.16 Å². The van der Waals surface area contributed by atoms with Crippen molar-refractivity contribution in [1.29, 1.82) is 0 Å². The molecular formula is C31H38O2Si. The van der Waals surface area contributed by atoms with Crippen molar-refractivity contribution in [3.05, 3.63) is 120 Å². The lowest BCUT2D eigenvalue weighted by molar-refractivity contribution is 0.164. The molecule has 0 fully saturated rings. The Morgan fingerprint density at radius 2 is 1.26 bits per heavy atom. The molecule has 0 aliphatic rings. The lowest BCUT2D eigenvalue weighted by Crippen LogP contribution is -2.66. The predicted molar refractivity (Wildman–Crippen MR) is 147 cm³/mol. The Kier molecular flexibility index (Phi) is 8.71. The third-order valence-electron chi connectivity index (χ3n) is 6.32. The average Bonchev–Trinajstić information content (AvgIpc) is 2.84. The molecule has 1 atom stereocenters. The minimum atomic E-state index is -2.58. The summed E-state index contributed by atoms with van der Waals surface area (Å²) in [5, 5.41) is 2.53. The van der Waals surface area contributed by atoms with Crippen LogP contribution in [0.1, 0.15) is 53.2 Å². The first-order valence-corrected chi connectivity index (χ1v) is 13.9. The Morgan fingerprint density at radius 1 is 0.794 bits per heavy atom. The summed E-state index contributed by atoms with van der Waals surface area (Å²) in [5.74, 6) is 0. The first kappa shape index (κ1) is 25.7. The monoisotopic (exact) mass is 470 g/mol. The topological polar surface area (TPSA) is 18.5 Å². The first-order valence-electron chi connectivity index (χ1n) is 12.0. The second kappa shape index (κ2) is 11.5. The summed E-state index contributed by atoms with van der Waals surface area (Å²) in [6.45, 7) is 13.8. The second-order valence-corrected chi connectivity index (χ2v) is 14.3. The zero-order valence-corrected chi connectivity index (χ0v) is 22.4. The van der Waals surface area contributed by atoms with Gasteiger partial charge in [0.1, 0.15) is 6.10 Å². The highest BCUT2D eigenvalue weighted by atomic mass is 28.4. The van der Waals surface area contributed by atoms with E-state index in [0.717, 1.165) is 11.1 Å². The van der Waals surface area contributed by atoms with Crippen molar-refractivity contribution >= 4 is 18.7 Å². The fourth-order valence-corrected chi connectivity index (χ4v) is 8.88. The summed E-state index contributed by atoms with van der Waals surface area (Å²) >= 11 is 0. The predicted octanol–water partition coefficient (Wildman–Crippen LogP) is 7.19. The summed E-state index contributed by atoms with van der Waals surface area (Å²) in [4.78, 5) is 0. The van der Waals surface area contributed by atoms with Gasteiger partial charge in [0.25, 0.3) is 8.32 Å². The van der Waals surface area contributed by atoms with E-state index in [0.29, 0.717) is 6.61 Å². The maximum absolute atomic E-state index is 7.11. The normalized spacial score (nSPS) is 13.0. The molecule has 2 nitrogen and oxygen atoms in total. The first-order chi connectivity index (χ1) is 16.3. The number of allylic oxidation sites excluding steroid dienone is 1. The molecule has 178 valence electrons. The van der Waals surface area contributed by atoms with E-state index >= 15 is 0 Å². The molecule has 3 rings (SSSR count). The molecule has 0 aliphatic heterocycles. The van der Waals surface area contributed by atoms with Crippen LogP contribution >= 0.6 is 0 Å². The maximum atomic E-state index is 7.11. The molecule has 0 heterocycles. The van der Waals surface area contributed by atoms with Crippen molar-refractivity contribution in [2.45, 2.75) is 52.7 Å². The van der Waals surface area contributed by atoms with E-state index < -0.39 is 8.32 Å². The lowest BCUT2D eigenvalue weighted by atomic mass is 10.1. The summed E-state index contributed by atoms with van der Waals surface area (Å²) in [7, 11) is -2.58. The number of hydrogen-bond acceptors (Lipinski definition) is 2. The van der Waals surface area contributed by atoms with Crippen LogP contribution in [-0.2, 0) is 9.16 Å². The Morgan fingerprint density at radius 3 is 1.71 bits per heavy atom. The van der Waals surface area contributed by atoms with E-state index in [1.807, 2.05) is 24.5 Å². The molecule has 0 amide bonds. The third-order valence-corrected chi connectivity index (χ3v) is 11.3. The number of rotatable bonds is 9. The summed E-state index contributed by atoms with van der Waals surface area (Å²) in [5.41, 5.74) is 3.54. The van der Waals surface area contributed by atoms with Crippen LogP contribution < -0.4 is 10.4 Å². The Hall–Kier alpha value is -2.88. The molecule has 0 unspecified atom stereocenters. The van der Waals surface area contributed by atoms with Crippen LogP contribution in [0.2, 0.25) is 5.04 Å². The van der Waals surface area contributed by atoms with Crippen LogP contribution in [0.25, 0.3) is 0 Å². The highest BCUT2D eigenvalue weighted by molar-refractivity contribution is 6.99. The molecule has 34 heavy (non-hydrogen) atoms. The Labute approximate surface area is 207 Å². The zero-order valence-electron chi connectivity index (χ0n) is 21.4. The van der Waals surface area contributed by atoms with E-state index in [9.17, 15) is 0 Å². The number of ether oxygens (including phenoxy) is 1. The van der Waals surface area contributed by atoms with Crippen LogP contribution in [0.3, 0.4) is 0 Å². The molecule has 0 aromatic heterocycles. The van der Waals surface area contributed by atoms with Crippen LogP contribution in [0.4, 0.5) is 0 Å². The summed E-state index contributed by atoms with van der Waals surface area (Å²) < 4.78 is 13.1. The fraction of sp³-hybridized carbons (Fsp3) is 0.290. The highest BCUT2D eigenvalue weighted by Crippen LogP contribution is 2.37. The van der Waals surface area contributed by atoms with Gasteiger partial charge in [-0.05, 0) is 53.4 Å². The molecule has 0 saturated heterocycles. The van der Waals surface area contributed by atoms with Crippen molar-refractivity contribution in [3.8, 4) is 0 Å². The number of hydrogen-bond donors (Lipinski definition) is 0. The molecule has 0 radical (unpaired) electrons. The van der Waals surface area contributed by atoms with Gasteiger partial charge in [0.05, 0.1) is 12.9 Å². The van der Waals surface area contributed by atoms with Crippen molar-refractivity contribution in [3.63, 3.8) is 0 Å². The Bertz CT molecular complexity index is 1040. The molecular weight excluding hydrogens is 432 g/mol. The van der Waals surface area contributed by atoms with E-state index in [4.69, 9.17) is 9.16 Å². The smallest absolute Gasteiger partial charge is 0.261 e. The summed E-state index contributed by atoms with van der Waals surface area (Å²) in [6, 6.07) is 31.8. The molecule has 3 heteroatoms. The molecule has 3 aromatic rings. The van der Waals surface area contributed by atoms with E-state index in [1.54, 1.807) is 0 Å². The van der Waals surface area contributed by atoms with Gasteiger partial charge in [0.15, 0.2) is 0 Å². The van der Waals surface area contributed by atoms with Crippen LogP contribution in [0, 0.1) is 0 Å². The molecule has 0 N–H and O–H groups in total. The second-order valence-electron chi connectivity index (χ2n) is 9.97. The quantitative estimate of drug-likeness (QED) is 0.187. The van der Waals surface area contributed by atoms with Gasteiger partial charge >= 0.3 is 0 Å². The van der Waals surface area contributed by atoms with Gasteiger partial charge in [0.2, 0.25) is 0 Å². The fourth-order valence-electron chi connectivity index (χ4n) is 4.35. The minimum absolute atomic E-state index is 0.00606. The van der Waals surface area contributed by atoms with Crippen LogP contribution in [0.15, 0.2) is 114 Å². The van der Waals surface area contributed by atoms with Gasteiger partial charge in [-0.15, -0.1) is 0 Å². The third kappa shape index (κ3) is 5.97. The van der Waals surface area contributed by atoms with E-state index in [1.165, 1.54) is 15.9 Å². The van der Waals surface area contributed by atoms with Gasteiger partial charge in [0, 0.05) is 0 Å². The van der Waals surface area contributed by atoms with Crippen LogP contribution in [-0.4, -0.2) is 14.9 Å². The maximum Gasteiger partial charge on any atom is 0.261 e. The van der Waals surface area contributed by atoms with Gasteiger partial charge in [-0.3, -0.25) is 0 Å². The molecule has 3 aromatic carbocycles. The SMILES string of the molecule is CC(C)=C(/C=C/O[C@H](C)c1ccccc1)CO[Si](c1ccccc1)(c1ccccc1)C(C)(C)C. The molecule has 0 aliphatic carbocycles. The minimum Gasteiger partial charge on any atom is -0.494 e. The zero-order chi connectivity index (χ0) is 24.6. The molecule has 0 saturated carbocycles.